The molecule has 0 bridgehead atoms. The van der Waals surface area contributed by atoms with Gasteiger partial charge in [-0.15, -0.1) is 0 Å². The first-order valence-electron chi connectivity index (χ1n) is 9.01. The Bertz CT molecular complexity index is 283. The molecule has 2 unspecified atom stereocenters. The van der Waals surface area contributed by atoms with Crippen LogP contribution in [0.4, 0.5) is 0 Å². The van der Waals surface area contributed by atoms with Gasteiger partial charge in [-0.25, -0.2) is 0 Å². The Hall–Kier alpha value is -0.120. The van der Waals surface area contributed by atoms with Crippen molar-refractivity contribution < 1.29 is 5.11 Å². The highest BCUT2D eigenvalue weighted by Gasteiger charge is 2.31. The molecule has 0 radical (unpaired) electrons. The van der Waals surface area contributed by atoms with Crippen LogP contribution >= 0.6 is 0 Å². The molecule has 1 N–H and O–H groups in total. The number of piperazine rings is 1. The summed E-state index contributed by atoms with van der Waals surface area (Å²) >= 11 is 0. The molecule has 3 heteroatoms. The molecule has 0 aromatic carbocycles. The van der Waals surface area contributed by atoms with Gasteiger partial charge in [-0.2, -0.15) is 0 Å². The predicted molar refractivity (Wildman–Crippen MR) is 82.9 cm³/mol. The topological polar surface area (TPSA) is 26.7 Å². The standard InChI is InChI=1S/C17H32N2O/c20-17-10-4-2-1-3-9-16(17)19-13-11-18(12-14-19)15-7-5-6-8-15/h15-17,20H,1-14H2. The van der Waals surface area contributed by atoms with Crippen LogP contribution in [0.2, 0.25) is 0 Å². The molecule has 2 aliphatic carbocycles. The Balaban J connectivity index is 1.50. The zero-order valence-corrected chi connectivity index (χ0v) is 13.0. The Morgan fingerprint density at radius 3 is 1.85 bits per heavy atom. The second-order valence-electron chi connectivity index (χ2n) is 7.14. The molecule has 2 atom stereocenters. The van der Waals surface area contributed by atoms with Crippen molar-refractivity contribution in [2.75, 3.05) is 26.2 Å². The van der Waals surface area contributed by atoms with E-state index in [1.54, 1.807) is 0 Å². The average Bonchev–Trinajstić information content (AvgIpc) is 2.98. The van der Waals surface area contributed by atoms with Crippen LogP contribution in [-0.4, -0.2) is 59.3 Å². The van der Waals surface area contributed by atoms with Crippen molar-refractivity contribution in [3.63, 3.8) is 0 Å². The number of aliphatic hydroxyl groups is 1. The lowest BCUT2D eigenvalue weighted by Crippen LogP contribution is -2.55. The molecular formula is C17H32N2O. The maximum Gasteiger partial charge on any atom is 0.0695 e. The van der Waals surface area contributed by atoms with Gasteiger partial charge >= 0.3 is 0 Å². The molecule has 3 rings (SSSR count). The highest BCUT2D eigenvalue weighted by Crippen LogP contribution is 2.27. The summed E-state index contributed by atoms with van der Waals surface area (Å²) in [6.07, 6.45) is 13.1. The van der Waals surface area contributed by atoms with Gasteiger partial charge in [0.15, 0.2) is 0 Å². The van der Waals surface area contributed by atoms with E-state index in [-0.39, 0.29) is 6.10 Å². The van der Waals surface area contributed by atoms with E-state index in [2.05, 4.69) is 9.80 Å². The van der Waals surface area contributed by atoms with Crippen LogP contribution in [0.5, 0.6) is 0 Å². The summed E-state index contributed by atoms with van der Waals surface area (Å²) in [6.45, 7) is 4.82. The van der Waals surface area contributed by atoms with Gasteiger partial charge in [-0.1, -0.05) is 38.5 Å². The van der Waals surface area contributed by atoms with Crippen molar-refractivity contribution in [1.82, 2.24) is 9.80 Å². The van der Waals surface area contributed by atoms with Gasteiger partial charge in [0.1, 0.15) is 0 Å². The largest absolute Gasteiger partial charge is 0.391 e. The van der Waals surface area contributed by atoms with Gasteiger partial charge in [0.25, 0.3) is 0 Å². The third-order valence-electron chi connectivity index (χ3n) is 5.85. The summed E-state index contributed by atoms with van der Waals surface area (Å²) in [7, 11) is 0. The summed E-state index contributed by atoms with van der Waals surface area (Å²) in [5.41, 5.74) is 0. The number of hydrogen-bond acceptors (Lipinski definition) is 3. The van der Waals surface area contributed by atoms with E-state index < -0.39 is 0 Å². The van der Waals surface area contributed by atoms with Crippen molar-refractivity contribution in [3.8, 4) is 0 Å². The number of aliphatic hydroxyl groups excluding tert-OH is 1. The fourth-order valence-electron chi connectivity index (χ4n) is 4.57. The van der Waals surface area contributed by atoms with Crippen LogP contribution in [0.3, 0.4) is 0 Å². The van der Waals surface area contributed by atoms with Crippen LogP contribution in [0.15, 0.2) is 0 Å². The second kappa shape index (κ2) is 7.24. The minimum atomic E-state index is -0.0756. The summed E-state index contributed by atoms with van der Waals surface area (Å²) in [6, 6.07) is 1.32. The quantitative estimate of drug-likeness (QED) is 0.842. The van der Waals surface area contributed by atoms with Crippen molar-refractivity contribution in [1.29, 1.82) is 0 Å². The van der Waals surface area contributed by atoms with E-state index in [9.17, 15) is 5.11 Å². The molecule has 1 heterocycles. The molecule has 0 aromatic heterocycles. The molecule has 3 fully saturated rings. The van der Waals surface area contributed by atoms with Gasteiger partial charge in [-0.05, 0) is 25.7 Å². The molecule has 1 saturated heterocycles. The molecule has 3 aliphatic rings. The SMILES string of the molecule is OC1CCCCCCC1N1CCN(C2CCCC2)CC1. The third kappa shape index (κ3) is 3.55. The van der Waals surface area contributed by atoms with E-state index >= 15 is 0 Å². The Kier molecular flexibility index (Phi) is 5.36. The molecule has 3 nitrogen and oxygen atoms in total. The number of hydrogen-bond donors (Lipinski definition) is 1. The summed E-state index contributed by atoms with van der Waals surface area (Å²) in [4.78, 5) is 5.32. The van der Waals surface area contributed by atoms with Crippen molar-refractivity contribution in [3.05, 3.63) is 0 Å². The molecule has 0 aromatic rings. The van der Waals surface area contributed by atoms with Crippen LogP contribution in [-0.2, 0) is 0 Å². The predicted octanol–water partition coefficient (Wildman–Crippen LogP) is 2.63. The third-order valence-corrected chi connectivity index (χ3v) is 5.85. The van der Waals surface area contributed by atoms with Crippen LogP contribution in [0, 0.1) is 0 Å². The molecule has 1 aliphatic heterocycles. The lowest BCUT2D eigenvalue weighted by Gasteiger charge is -2.43. The molecular weight excluding hydrogens is 248 g/mol. The lowest BCUT2D eigenvalue weighted by molar-refractivity contribution is -0.00178. The minimum Gasteiger partial charge on any atom is -0.391 e. The van der Waals surface area contributed by atoms with Crippen molar-refractivity contribution >= 4 is 0 Å². The smallest absolute Gasteiger partial charge is 0.0695 e. The van der Waals surface area contributed by atoms with Crippen LogP contribution in [0.25, 0.3) is 0 Å². The van der Waals surface area contributed by atoms with Crippen LogP contribution in [0.1, 0.15) is 64.2 Å². The maximum absolute atomic E-state index is 10.4. The summed E-state index contributed by atoms with van der Waals surface area (Å²) in [5, 5.41) is 10.4. The minimum absolute atomic E-state index is 0.0756. The highest BCUT2D eigenvalue weighted by atomic mass is 16.3. The lowest BCUT2D eigenvalue weighted by atomic mass is 9.92. The Morgan fingerprint density at radius 1 is 0.600 bits per heavy atom. The zero-order valence-electron chi connectivity index (χ0n) is 13.0. The monoisotopic (exact) mass is 280 g/mol. The highest BCUT2D eigenvalue weighted by molar-refractivity contribution is 4.87. The molecule has 20 heavy (non-hydrogen) atoms. The Morgan fingerprint density at radius 2 is 1.15 bits per heavy atom. The normalized spacial score (nSPS) is 35.9. The number of rotatable bonds is 2. The Labute approximate surface area is 124 Å². The van der Waals surface area contributed by atoms with Gasteiger partial charge in [-0.3, -0.25) is 9.80 Å². The van der Waals surface area contributed by atoms with E-state index in [0.717, 1.165) is 12.5 Å². The van der Waals surface area contributed by atoms with Crippen LogP contribution < -0.4 is 0 Å². The molecule has 0 spiro atoms. The first-order chi connectivity index (χ1) is 9.84. The van der Waals surface area contributed by atoms with E-state index in [4.69, 9.17) is 0 Å². The number of nitrogens with zero attached hydrogens (tertiary/aromatic N) is 2. The summed E-state index contributed by atoms with van der Waals surface area (Å²) in [5.74, 6) is 0. The maximum atomic E-state index is 10.4. The van der Waals surface area contributed by atoms with Gasteiger partial charge in [0.2, 0.25) is 0 Å². The van der Waals surface area contributed by atoms with Gasteiger partial charge in [0.05, 0.1) is 6.10 Å². The fraction of sp³-hybridized carbons (Fsp3) is 1.00. The molecule has 0 amide bonds. The first-order valence-corrected chi connectivity index (χ1v) is 9.01. The molecule has 2 saturated carbocycles. The average molecular weight is 280 g/mol. The first kappa shape index (κ1) is 14.8. The summed E-state index contributed by atoms with van der Waals surface area (Å²) < 4.78 is 0. The molecule has 116 valence electrons. The van der Waals surface area contributed by atoms with E-state index in [0.29, 0.717) is 6.04 Å². The second-order valence-corrected chi connectivity index (χ2v) is 7.14. The fourth-order valence-corrected chi connectivity index (χ4v) is 4.57. The van der Waals surface area contributed by atoms with Gasteiger partial charge in [0, 0.05) is 38.3 Å². The zero-order chi connectivity index (χ0) is 13.8. The van der Waals surface area contributed by atoms with Gasteiger partial charge < -0.3 is 5.11 Å². The van der Waals surface area contributed by atoms with E-state index in [1.165, 1.54) is 84.0 Å². The van der Waals surface area contributed by atoms with Crippen molar-refractivity contribution in [2.24, 2.45) is 0 Å². The van der Waals surface area contributed by atoms with Crippen molar-refractivity contribution in [2.45, 2.75) is 82.4 Å². The van der Waals surface area contributed by atoms with E-state index in [1.807, 2.05) is 0 Å².